The van der Waals surface area contributed by atoms with E-state index < -0.39 is 0 Å². The van der Waals surface area contributed by atoms with Crippen molar-refractivity contribution in [1.29, 1.82) is 0 Å². The number of benzene rings is 1. The zero-order valence-corrected chi connectivity index (χ0v) is 15.3. The Morgan fingerprint density at radius 1 is 1.14 bits per heavy atom. The maximum atomic E-state index is 3.74. The fourth-order valence-electron chi connectivity index (χ4n) is 2.98. The van der Waals surface area contributed by atoms with E-state index in [2.05, 4.69) is 76.9 Å². The second-order valence-electron chi connectivity index (χ2n) is 6.10. The third-order valence-electron chi connectivity index (χ3n) is 4.37. The van der Waals surface area contributed by atoms with Crippen molar-refractivity contribution in [3.8, 4) is 0 Å². The van der Waals surface area contributed by atoms with Crippen LogP contribution in [0.1, 0.15) is 39.3 Å². The van der Waals surface area contributed by atoms with E-state index >= 15 is 0 Å². The molecule has 1 aromatic carbocycles. The van der Waals surface area contributed by atoms with Crippen molar-refractivity contribution in [3.63, 3.8) is 0 Å². The maximum Gasteiger partial charge on any atom is 0.0378 e. The Hall–Kier alpha value is -0.580. The highest BCUT2D eigenvalue weighted by Gasteiger charge is 2.19. The van der Waals surface area contributed by atoms with Crippen LogP contribution < -0.4 is 10.2 Å². The van der Waals surface area contributed by atoms with Crippen molar-refractivity contribution in [1.82, 2.24) is 10.2 Å². The summed E-state index contributed by atoms with van der Waals surface area (Å²) in [7, 11) is 0. The van der Waals surface area contributed by atoms with Gasteiger partial charge in [-0.15, -0.1) is 0 Å². The van der Waals surface area contributed by atoms with Crippen LogP contribution in [0.15, 0.2) is 22.7 Å². The number of halogens is 1. The van der Waals surface area contributed by atoms with E-state index in [0.717, 1.165) is 32.7 Å². The summed E-state index contributed by atoms with van der Waals surface area (Å²) in [5.74, 6) is 0. The van der Waals surface area contributed by atoms with Gasteiger partial charge in [-0.3, -0.25) is 4.90 Å². The Kier molecular flexibility index (Phi) is 6.08. The molecular weight excluding hydrogens is 326 g/mol. The molecule has 0 bridgehead atoms. The van der Waals surface area contributed by atoms with E-state index in [0.29, 0.717) is 12.1 Å². The van der Waals surface area contributed by atoms with Gasteiger partial charge in [0.25, 0.3) is 0 Å². The minimum atomic E-state index is 0.385. The van der Waals surface area contributed by atoms with Gasteiger partial charge in [0.15, 0.2) is 0 Å². The molecule has 1 saturated heterocycles. The van der Waals surface area contributed by atoms with Gasteiger partial charge in [0, 0.05) is 48.4 Å². The molecule has 0 saturated carbocycles. The Labute approximate surface area is 137 Å². The van der Waals surface area contributed by atoms with Crippen molar-refractivity contribution >= 4 is 21.6 Å². The van der Waals surface area contributed by atoms with Gasteiger partial charge in [-0.2, -0.15) is 0 Å². The Balaban J connectivity index is 2.04. The highest BCUT2D eigenvalue weighted by atomic mass is 79.9. The summed E-state index contributed by atoms with van der Waals surface area (Å²) in [5, 5.41) is 3.47. The molecule has 118 valence electrons. The standard InChI is InChI=1S/C17H28BrN3/c1-5-19-14(4)16-7-6-15(12-17(16)18)21-10-8-20(9-11-21)13(2)3/h6-7,12-14,19H,5,8-11H2,1-4H3. The van der Waals surface area contributed by atoms with E-state index in [4.69, 9.17) is 0 Å². The highest BCUT2D eigenvalue weighted by molar-refractivity contribution is 9.10. The first-order chi connectivity index (χ1) is 10.0. The van der Waals surface area contributed by atoms with Gasteiger partial charge in [0.1, 0.15) is 0 Å². The second kappa shape index (κ2) is 7.61. The van der Waals surface area contributed by atoms with Crippen molar-refractivity contribution in [2.75, 3.05) is 37.6 Å². The predicted molar refractivity (Wildman–Crippen MR) is 95.2 cm³/mol. The maximum absolute atomic E-state index is 3.74. The molecule has 0 radical (unpaired) electrons. The van der Waals surface area contributed by atoms with Crippen molar-refractivity contribution in [2.24, 2.45) is 0 Å². The molecule has 2 rings (SSSR count). The predicted octanol–water partition coefficient (Wildman–Crippen LogP) is 3.65. The SMILES string of the molecule is CCNC(C)c1ccc(N2CCN(C(C)C)CC2)cc1Br. The molecule has 0 aliphatic carbocycles. The summed E-state index contributed by atoms with van der Waals surface area (Å²) in [6.07, 6.45) is 0. The van der Waals surface area contributed by atoms with E-state index in [1.807, 2.05) is 0 Å². The van der Waals surface area contributed by atoms with Gasteiger partial charge in [-0.25, -0.2) is 0 Å². The fraction of sp³-hybridized carbons (Fsp3) is 0.647. The Bertz CT molecular complexity index is 453. The molecule has 1 N–H and O–H groups in total. The summed E-state index contributed by atoms with van der Waals surface area (Å²) in [6, 6.07) is 7.83. The Morgan fingerprint density at radius 2 is 1.81 bits per heavy atom. The van der Waals surface area contributed by atoms with E-state index in [-0.39, 0.29) is 0 Å². The fourth-order valence-corrected chi connectivity index (χ4v) is 3.69. The lowest BCUT2D eigenvalue weighted by Gasteiger charge is -2.38. The van der Waals surface area contributed by atoms with E-state index in [1.165, 1.54) is 15.7 Å². The van der Waals surface area contributed by atoms with Gasteiger partial charge >= 0.3 is 0 Å². The van der Waals surface area contributed by atoms with Gasteiger partial charge in [0.05, 0.1) is 0 Å². The summed E-state index contributed by atoms with van der Waals surface area (Å²) >= 11 is 3.74. The van der Waals surface area contributed by atoms with Crippen LogP contribution >= 0.6 is 15.9 Å². The average Bonchev–Trinajstić information content (AvgIpc) is 2.47. The number of piperazine rings is 1. The monoisotopic (exact) mass is 353 g/mol. The minimum Gasteiger partial charge on any atom is -0.369 e. The molecule has 1 aliphatic heterocycles. The number of anilines is 1. The molecule has 1 aliphatic rings. The first-order valence-electron chi connectivity index (χ1n) is 8.04. The third kappa shape index (κ3) is 4.21. The highest BCUT2D eigenvalue weighted by Crippen LogP contribution is 2.29. The average molecular weight is 354 g/mol. The topological polar surface area (TPSA) is 18.5 Å². The smallest absolute Gasteiger partial charge is 0.0378 e. The number of hydrogen-bond donors (Lipinski definition) is 1. The van der Waals surface area contributed by atoms with Gasteiger partial charge in [0.2, 0.25) is 0 Å². The lowest BCUT2D eigenvalue weighted by atomic mass is 10.1. The molecule has 1 atom stereocenters. The molecule has 1 unspecified atom stereocenters. The summed E-state index contributed by atoms with van der Waals surface area (Å²) < 4.78 is 1.21. The van der Waals surface area contributed by atoms with Crippen molar-refractivity contribution in [3.05, 3.63) is 28.2 Å². The van der Waals surface area contributed by atoms with E-state index in [9.17, 15) is 0 Å². The molecule has 0 spiro atoms. The van der Waals surface area contributed by atoms with Crippen LogP contribution in [-0.4, -0.2) is 43.7 Å². The molecule has 21 heavy (non-hydrogen) atoms. The number of nitrogens with one attached hydrogen (secondary N) is 1. The first-order valence-corrected chi connectivity index (χ1v) is 8.84. The van der Waals surface area contributed by atoms with Crippen LogP contribution in [0.4, 0.5) is 5.69 Å². The van der Waals surface area contributed by atoms with Crippen LogP contribution in [0.3, 0.4) is 0 Å². The zero-order chi connectivity index (χ0) is 15.4. The van der Waals surface area contributed by atoms with Gasteiger partial charge < -0.3 is 10.2 Å². The zero-order valence-electron chi connectivity index (χ0n) is 13.7. The molecule has 1 aromatic rings. The van der Waals surface area contributed by atoms with Crippen LogP contribution in [0, 0.1) is 0 Å². The quantitative estimate of drug-likeness (QED) is 0.871. The number of hydrogen-bond acceptors (Lipinski definition) is 3. The van der Waals surface area contributed by atoms with Crippen LogP contribution in [-0.2, 0) is 0 Å². The largest absolute Gasteiger partial charge is 0.369 e. The second-order valence-corrected chi connectivity index (χ2v) is 6.96. The molecule has 1 fully saturated rings. The molecule has 0 aromatic heterocycles. The summed E-state index contributed by atoms with van der Waals surface area (Å²) in [5.41, 5.74) is 2.67. The van der Waals surface area contributed by atoms with Crippen molar-refractivity contribution in [2.45, 2.75) is 39.8 Å². The lowest BCUT2D eigenvalue weighted by molar-refractivity contribution is 0.209. The van der Waals surface area contributed by atoms with Crippen LogP contribution in [0.2, 0.25) is 0 Å². The molecule has 0 amide bonds. The van der Waals surface area contributed by atoms with Gasteiger partial charge in [-0.1, -0.05) is 28.9 Å². The first kappa shape index (κ1) is 16.8. The minimum absolute atomic E-state index is 0.385. The van der Waals surface area contributed by atoms with Crippen LogP contribution in [0.25, 0.3) is 0 Å². The lowest BCUT2D eigenvalue weighted by Crippen LogP contribution is -2.48. The number of nitrogens with zero attached hydrogens (tertiary/aromatic N) is 2. The normalized spacial score (nSPS) is 18.3. The molecule has 1 heterocycles. The van der Waals surface area contributed by atoms with Crippen molar-refractivity contribution < 1.29 is 0 Å². The number of rotatable bonds is 5. The van der Waals surface area contributed by atoms with Gasteiger partial charge in [-0.05, 0) is 45.0 Å². The summed E-state index contributed by atoms with van der Waals surface area (Å²) in [6.45, 7) is 14.5. The molecular formula is C17H28BrN3. The molecule has 4 heteroatoms. The summed E-state index contributed by atoms with van der Waals surface area (Å²) in [4.78, 5) is 5.04. The Morgan fingerprint density at radius 3 is 2.33 bits per heavy atom. The van der Waals surface area contributed by atoms with Crippen LogP contribution in [0.5, 0.6) is 0 Å². The molecule has 3 nitrogen and oxygen atoms in total. The third-order valence-corrected chi connectivity index (χ3v) is 5.06. The van der Waals surface area contributed by atoms with E-state index in [1.54, 1.807) is 0 Å².